The third kappa shape index (κ3) is 3.89. The second-order valence-electron chi connectivity index (χ2n) is 5.46. The fourth-order valence-corrected chi connectivity index (χ4v) is 2.40. The lowest BCUT2D eigenvalue weighted by Gasteiger charge is -2.12. The van der Waals surface area contributed by atoms with Gasteiger partial charge >= 0.3 is 0 Å². The summed E-state index contributed by atoms with van der Waals surface area (Å²) in [6.07, 6.45) is 0. The fourth-order valence-electron chi connectivity index (χ4n) is 2.40. The van der Waals surface area contributed by atoms with Crippen molar-refractivity contribution in [3.05, 3.63) is 60.3 Å². The molecule has 26 heavy (non-hydrogen) atoms. The van der Waals surface area contributed by atoms with Crippen molar-refractivity contribution in [1.29, 1.82) is 0 Å². The third-order valence-electron chi connectivity index (χ3n) is 3.62. The average molecular weight is 351 g/mol. The molecule has 0 radical (unpaired) electrons. The summed E-state index contributed by atoms with van der Waals surface area (Å²) in [6.45, 7) is -0.292. The average Bonchev–Trinajstić information content (AvgIpc) is 2.66. The molecule has 0 bridgehead atoms. The number of anilines is 1. The van der Waals surface area contributed by atoms with E-state index in [1.54, 1.807) is 24.3 Å². The van der Waals surface area contributed by atoms with Gasteiger partial charge in [-0.25, -0.2) is 4.98 Å². The minimum atomic E-state index is -0.609. The van der Waals surface area contributed by atoms with Crippen LogP contribution in [0.3, 0.4) is 0 Å². The second-order valence-corrected chi connectivity index (χ2v) is 5.46. The summed E-state index contributed by atoms with van der Waals surface area (Å²) in [6, 6.07) is 15.9. The number of primary amides is 1. The van der Waals surface area contributed by atoms with Crippen molar-refractivity contribution < 1.29 is 19.1 Å². The first kappa shape index (κ1) is 17.2. The highest BCUT2D eigenvalue weighted by molar-refractivity contribution is 6.04. The highest BCUT2D eigenvalue weighted by Gasteiger charge is 2.12. The van der Waals surface area contributed by atoms with Gasteiger partial charge in [0, 0.05) is 17.1 Å². The van der Waals surface area contributed by atoms with E-state index < -0.39 is 5.91 Å². The molecule has 7 nitrogen and oxygen atoms in total. The molecule has 3 N–H and O–H groups in total. The number of rotatable bonds is 6. The number of carbonyl (C=O) groups is 2. The Labute approximate surface area is 149 Å². The summed E-state index contributed by atoms with van der Waals surface area (Å²) in [7, 11) is 1.48. The molecule has 0 aliphatic carbocycles. The molecule has 1 aromatic heterocycles. The van der Waals surface area contributed by atoms with Gasteiger partial charge in [-0.05, 0) is 24.3 Å². The maximum absolute atomic E-state index is 12.5. The topological polar surface area (TPSA) is 104 Å². The Balaban J connectivity index is 1.81. The molecule has 1 heterocycles. The Morgan fingerprint density at radius 2 is 1.88 bits per heavy atom. The summed E-state index contributed by atoms with van der Waals surface area (Å²) >= 11 is 0. The lowest BCUT2D eigenvalue weighted by molar-refractivity contribution is -0.119. The predicted molar refractivity (Wildman–Crippen MR) is 97.4 cm³/mol. The van der Waals surface area contributed by atoms with Gasteiger partial charge in [-0.2, -0.15) is 0 Å². The Kier molecular flexibility index (Phi) is 4.98. The highest BCUT2D eigenvalue weighted by atomic mass is 16.5. The van der Waals surface area contributed by atoms with Crippen molar-refractivity contribution >= 4 is 28.4 Å². The van der Waals surface area contributed by atoms with E-state index in [9.17, 15) is 9.59 Å². The van der Waals surface area contributed by atoms with Gasteiger partial charge in [0.1, 0.15) is 5.69 Å². The van der Waals surface area contributed by atoms with Gasteiger partial charge in [-0.3, -0.25) is 9.59 Å². The van der Waals surface area contributed by atoms with Crippen LogP contribution in [-0.4, -0.2) is 30.5 Å². The van der Waals surface area contributed by atoms with Crippen LogP contribution in [0.15, 0.2) is 54.6 Å². The Bertz CT molecular complexity index is 972. The Morgan fingerprint density at radius 1 is 1.08 bits per heavy atom. The number of para-hydroxylation sites is 1. The van der Waals surface area contributed by atoms with Crippen molar-refractivity contribution in [2.45, 2.75) is 0 Å². The maximum atomic E-state index is 12.5. The van der Waals surface area contributed by atoms with Gasteiger partial charge in [0.05, 0.1) is 12.6 Å². The van der Waals surface area contributed by atoms with Gasteiger partial charge in [0.15, 0.2) is 18.1 Å². The normalized spacial score (nSPS) is 10.3. The summed E-state index contributed by atoms with van der Waals surface area (Å²) in [5, 5.41) is 3.70. The number of fused-ring (bicyclic) bond motifs is 1. The van der Waals surface area contributed by atoms with Gasteiger partial charge in [-0.15, -0.1) is 0 Å². The molecule has 0 fully saturated rings. The van der Waals surface area contributed by atoms with E-state index in [-0.39, 0.29) is 12.5 Å². The monoisotopic (exact) mass is 351 g/mol. The zero-order chi connectivity index (χ0) is 18.5. The number of ether oxygens (including phenoxy) is 2. The Hall–Kier alpha value is -3.61. The largest absolute Gasteiger partial charge is 0.493 e. The first-order valence-electron chi connectivity index (χ1n) is 7.83. The third-order valence-corrected chi connectivity index (χ3v) is 3.62. The zero-order valence-electron chi connectivity index (χ0n) is 14.1. The SMILES string of the molecule is COc1ccc(NC(=O)c2ccc3ccccc3n2)cc1OCC(N)=O. The molecule has 0 saturated heterocycles. The van der Waals surface area contributed by atoms with E-state index in [0.717, 1.165) is 10.9 Å². The van der Waals surface area contributed by atoms with Gasteiger partial charge < -0.3 is 20.5 Å². The van der Waals surface area contributed by atoms with E-state index in [4.69, 9.17) is 15.2 Å². The van der Waals surface area contributed by atoms with E-state index in [0.29, 0.717) is 22.9 Å². The van der Waals surface area contributed by atoms with E-state index in [2.05, 4.69) is 10.3 Å². The van der Waals surface area contributed by atoms with Crippen LogP contribution in [0.25, 0.3) is 10.9 Å². The van der Waals surface area contributed by atoms with Crippen LogP contribution in [0, 0.1) is 0 Å². The molecule has 2 aromatic carbocycles. The van der Waals surface area contributed by atoms with Gasteiger partial charge in [0.25, 0.3) is 11.8 Å². The molecule has 0 aliphatic rings. The molecule has 0 spiro atoms. The molecular weight excluding hydrogens is 334 g/mol. The van der Waals surface area contributed by atoms with Crippen LogP contribution in [0.4, 0.5) is 5.69 Å². The number of aromatic nitrogens is 1. The number of hydrogen-bond acceptors (Lipinski definition) is 5. The number of pyridine rings is 1. The molecule has 7 heteroatoms. The van der Waals surface area contributed by atoms with Crippen molar-refractivity contribution in [3.63, 3.8) is 0 Å². The zero-order valence-corrected chi connectivity index (χ0v) is 14.1. The maximum Gasteiger partial charge on any atom is 0.274 e. The molecule has 3 rings (SSSR count). The lowest BCUT2D eigenvalue weighted by atomic mass is 10.2. The first-order valence-corrected chi connectivity index (χ1v) is 7.83. The van der Waals surface area contributed by atoms with Crippen LogP contribution in [0.2, 0.25) is 0 Å². The first-order chi connectivity index (χ1) is 12.6. The van der Waals surface area contributed by atoms with Crippen molar-refractivity contribution in [1.82, 2.24) is 4.98 Å². The Morgan fingerprint density at radius 3 is 2.65 bits per heavy atom. The summed E-state index contributed by atoms with van der Waals surface area (Å²) < 4.78 is 10.5. The molecule has 3 aromatic rings. The van der Waals surface area contributed by atoms with Crippen LogP contribution < -0.4 is 20.5 Å². The van der Waals surface area contributed by atoms with Crippen molar-refractivity contribution in [2.75, 3.05) is 19.0 Å². The quantitative estimate of drug-likeness (QED) is 0.709. The molecule has 0 aliphatic heterocycles. The summed E-state index contributed by atoms with van der Waals surface area (Å²) in [5.74, 6) is -0.243. The molecule has 0 unspecified atom stereocenters. The molecule has 0 saturated carbocycles. The number of amides is 2. The van der Waals surface area contributed by atoms with E-state index in [1.807, 2.05) is 30.3 Å². The van der Waals surface area contributed by atoms with Crippen LogP contribution in [0.1, 0.15) is 10.5 Å². The number of carbonyl (C=O) groups excluding carboxylic acids is 2. The fraction of sp³-hybridized carbons (Fsp3) is 0.105. The minimum absolute atomic E-state index is 0.291. The second kappa shape index (κ2) is 7.52. The summed E-state index contributed by atoms with van der Waals surface area (Å²) in [4.78, 5) is 27.7. The van der Waals surface area contributed by atoms with Crippen molar-refractivity contribution in [2.24, 2.45) is 5.73 Å². The van der Waals surface area contributed by atoms with Crippen LogP contribution >= 0.6 is 0 Å². The summed E-state index contributed by atoms with van der Waals surface area (Å²) in [5.41, 5.74) is 6.59. The molecule has 132 valence electrons. The molecule has 0 atom stereocenters. The molecular formula is C19H17N3O4. The molecule has 2 amide bonds. The van der Waals surface area contributed by atoms with Crippen LogP contribution in [0.5, 0.6) is 11.5 Å². The minimum Gasteiger partial charge on any atom is -0.493 e. The van der Waals surface area contributed by atoms with E-state index >= 15 is 0 Å². The van der Waals surface area contributed by atoms with Gasteiger partial charge in [-0.1, -0.05) is 24.3 Å². The number of nitrogens with zero attached hydrogens (tertiary/aromatic N) is 1. The number of methoxy groups -OCH3 is 1. The number of nitrogens with two attached hydrogens (primary N) is 1. The smallest absolute Gasteiger partial charge is 0.274 e. The number of hydrogen-bond donors (Lipinski definition) is 2. The van der Waals surface area contributed by atoms with Crippen LogP contribution in [-0.2, 0) is 4.79 Å². The van der Waals surface area contributed by atoms with Crippen molar-refractivity contribution in [3.8, 4) is 11.5 Å². The van der Waals surface area contributed by atoms with E-state index in [1.165, 1.54) is 7.11 Å². The number of nitrogens with one attached hydrogen (secondary N) is 1. The lowest BCUT2D eigenvalue weighted by Crippen LogP contribution is -2.20. The predicted octanol–water partition coefficient (Wildman–Crippen LogP) is 2.36. The standard InChI is InChI=1S/C19H17N3O4/c1-25-16-9-7-13(10-17(16)26-11-18(20)23)21-19(24)15-8-6-12-4-2-3-5-14(12)22-15/h2-10H,11H2,1H3,(H2,20,23)(H,21,24). The highest BCUT2D eigenvalue weighted by Crippen LogP contribution is 2.30. The van der Waals surface area contributed by atoms with Gasteiger partial charge in [0.2, 0.25) is 0 Å². The number of benzene rings is 2.